The summed E-state index contributed by atoms with van der Waals surface area (Å²) in [6, 6.07) is 0. The molecule has 20 heavy (non-hydrogen) atoms. The molecule has 0 aromatic carbocycles. The molecule has 1 aliphatic carbocycles. The molecule has 1 N–H and O–H groups in total. The molecule has 1 saturated carbocycles. The third-order valence-corrected chi connectivity index (χ3v) is 3.44. The highest BCUT2D eigenvalue weighted by atomic mass is 16.6. The summed E-state index contributed by atoms with van der Waals surface area (Å²) in [5, 5.41) is 2.84. The summed E-state index contributed by atoms with van der Waals surface area (Å²) >= 11 is 0. The molecule has 116 valence electrons. The van der Waals surface area contributed by atoms with Gasteiger partial charge in [0.2, 0.25) is 0 Å². The van der Waals surface area contributed by atoms with Crippen LogP contribution in [-0.4, -0.2) is 37.7 Å². The van der Waals surface area contributed by atoms with Crippen LogP contribution in [0.3, 0.4) is 0 Å². The van der Waals surface area contributed by atoms with Crippen molar-refractivity contribution in [3.05, 3.63) is 0 Å². The average Bonchev–Trinajstić information content (AvgIpc) is 2.36. The molecule has 1 aliphatic rings. The maximum atomic E-state index is 11.6. The Morgan fingerprint density at radius 3 is 2.35 bits per heavy atom. The van der Waals surface area contributed by atoms with Crippen LogP contribution >= 0.6 is 0 Å². The monoisotopic (exact) mass is 285 g/mol. The second-order valence-electron chi connectivity index (χ2n) is 6.47. The lowest BCUT2D eigenvalue weighted by Gasteiger charge is -2.28. The van der Waals surface area contributed by atoms with Gasteiger partial charge in [0.15, 0.2) is 0 Å². The second-order valence-corrected chi connectivity index (χ2v) is 6.47. The third-order valence-electron chi connectivity index (χ3n) is 3.44. The fourth-order valence-electron chi connectivity index (χ4n) is 2.43. The van der Waals surface area contributed by atoms with E-state index in [1.165, 1.54) is 0 Å². The Kier molecular flexibility index (Phi) is 6.99. The molecule has 1 rings (SSSR count). The van der Waals surface area contributed by atoms with Crippen LogP contribution in [0.5, 0.6) is 0 Å². The molecule has 5 nitrogen and oxygen atoms in total. The van der Waals surface area contributed by atoms with Crippen molar-refractivity contribution in [1.29, 1.82) is 0 Å². The summed E-state index contributed by atoms with van der Waals surface area (Å²) in [6.07, 6.45) is 4.82. The van der Waals surface area contributed by atoms with Crippen LogP contribution in [0.2, 0.25) is 0 Å². The van der Waals surface area contributed by atoms with Crippen molar-refractivity contribution in [2.45, 2.75) is 52.1 Å². The van der Waals surface area contributed by atoms with Crippen molar-refractivity contribution in [3.63, 3.8) is 0 Å². The normalized spacial score (nSPS) is 23.1. The van der Waals surface area contributed by atoms with E-state index in [1.807, 2.05) is 20.8 Å². The standard InChI is InChI=1S/C15H27NO4/c1-15(2,3)20-14(18)16-10-12-4-6-13(7-5-12)11-19-9-8-17/h8,12-13H,4-7,9-11H2,1-3H3,(H,16,18). The average molecular weight is 285 g/mol. The Bertz CT molecular complexity index is 303. The summed E-state index contributed by atoms with van der Waals surface area (Å²) in [5.74, 6) is 1.07. The largest absolute Gasteiger partial charge is 0.444 e. The molecule has 0 aromatic rings. The Labute approximate surface area is 121 Å². The molecule has 0 aromatic heterocycles. The van der Waals surface area contributed by atoms with E-state index in [2.05, 4.69) is 5.32 Å². The van der Waals surface area contributed by atoms with E-state index in [0.717, 1.165) is 32.0 Å². The number of rotatable bonds is 6. The first-order chi connectivity index (χ1) is 9.40. The first kappa shape index (κ1) is 17.0. The lowest BCUT2D eigenvalue weighted by Crippen LogP contribution is -2.36. The molecular weight excluding hydrogens is 258 g/mol. The van der Waals surface area contributed by atoms with Gasteiger partial charge in [-0.25, -0.2) is 4.79 Å². The lowest BCUT2D eigenvalue weighted by atomic mass is 9.82. The predicted octanol–water partition coefficient (Wildman–Crippen LogP) is 2.53. The highest BCUT2D eigenvalue weighted by molar-refractivity contribution is 5.67. The number of hydrogen-bond donors (Lipinski definition) is 1. The van der Waals surface area contributed by atoms with Crippen molar-refractivity contribution >= 4 is 12.4 Å². The minimum atomic E-state index is -0.447. The van der Waals surface area contributed by atoms with Gasteiger partial charge < -0.3 is 19.6 Å². The molecule has 0 unspecified atom stereocenters. The van der Waals surface area contributed by atoms with Gasteiger partial charge in [-0.2, -0.15) is 0 Å². The Balaban J connectivity index is 2.13. The minimum Gasteiger partial charge on any atom is -0.444 e. The zero-order chi connectivity index (χ0) is 15.0. The maximum absolute atomic E-state index is 11.6. The SMILES string of the molecule is CC(C)(C)OC(=O)NCC1CCC(COCC=O)CC1. The first-order valence-electron chi connectivity index (χ1n) is 7.39. The molecule has 1 amide bonds. The van der Waals surface area contributed by atoms with Crippen molar-refractivity contribution < 1.29 is 19.1 Å². The highest BCUT2D eigenvalue weighted by Crippen LogP contribution is 2.28. The van der Waals surface area contributed by atoms with Crippen LogP contribution in [0.25, 0.3) is 0 Å². The topological polar surface area (TPSA) is 64.6 Å². The lowest BCUT2D eigenvalue weighted by molar-refractivity contribution is -0.112. The third kappa shape index (κ3) is 7.48. The van der Waals surface area contributed by atoms with Gasteiger partial charge in [0.1, 0.15) is 18.5 Å². The van der Waals surface area contributed by atoms with Crippen molar-refractivity contribution in [2.24, 2.45) is 11.8 Å². The van der Waals surface area contributed by atoms with Crippen molar-refractivity contribution in [1.82, 2.24) is 5.32 Å². The quantitative estimate of drug-likeness (QED) is 0.601. The van der Waals surface area contributed by atoms with Crippen LogP contribution in [0, 0.1) is 11.8 Å². The van der Waals surface area contributed by atoms with E-state index in [1.54, 1.807) is 0 Å². The number of alkyl carbamates (subject to hydrolysis) is 1. The molecule has 0 spiro atoms. The summed E-state index contributed by atoms with van der Waals surface area (Å²) in [7, 11) is 0. The zero-order valence-corrected chi connectivity index (χ0v) is 12.8. The summed E-state index contributed by atoms with van der Waals surface area (Å²) in [5.41, 5.74) is -0.447. The van der Waals surface area contributed by atoms with Crippen molar-refractivity contribution in [3.8, 4) is 0 Å². The number of nitrogens with one attached hydrogen (secondary N) is 1. The molecule has 0 atom stereocenters. The number of aldehydes is 1. The van der Waals surface area contributed by atoms with Gasteiger partial charge in [0, 0.05) is 13.2 Å². The van der Waals surface area contributed by atoms with Gasteiger partial charge in [-0.15, -0.1) is 0 Å². The van der Waals surface area contributed by atoms with Gasteiger partial charge in [0.05, 0.1) is 0 Å². The molecule has 0 bridgehead atoms. The Morgan fingerprint density at radius 2 is 1.80 bits per heavy atom. The zero-order valence-electron chi connectivity index (χ0n) is 12.8. The van der Waals surface area contributed by atoms with Crippen LogP contribution < -0.4 is 5.32 Å². The van der Waals surface area contributed by atoms with Gasteiger partial charge in [-0.05, 0) is 58.3 Å². The smallest absolute Gasteiger partial charge is 0.407 e. The van der Waals surface area contributed by atoms with E-state index in [0.29, 0.717) is 25.0 Å². The molecule has 0 heterocycles. The van der Waals surface area contributed by atoms with Crippen LogP contribution in [0.4, 0.5) is 4.79 Å². The number of ether oxygens (including phenoxy) is 2. The Hall–Kier alpha value is -1.10. The highest BCUT2D eigenvalue weighted by Gasteiger charge is 2.22. The fraction of sp³-hybridized carbons (Fsp3) is 0.867. The van der Waals surface area contributed by atoms with E-state index in [4.69, 9.17) is 9.47 Å². The van der Waals surface area contributed by atoms with E-state index >= 15 is 0 Å². The number of amides is 1. The van der Waals surface area contributed by atoms with Crippen LogP contribution in [0.15, 0.2) is 0 Å². The molecule has 0 aliphatic heterocycles. The molecule has 0 radical (unpaired) electrons. The summed E-state index contributed by atoms with van der Waals surface area (Å²) in [6.45, 7) is 7.12. The summed E-state index contributed by atoms with van der Waals surface area (Å²) in [4.78, 5) is 21.7. The van der Waals surface area contributed by atoms with Gasteiger partial charge in [-0.3, -0.25) is 0 Å². The predicted molar refractivity (Wildman–Crippen MR) is 76.6 cm³/mol. The van der Waals surface area contributed by atoms with Crippen LogP contribution in [-0.2, 0) is 14.3 Å². The van der Waals surface area contributed by atoms with Gasteiger partial charge in [0.25, 0.3) is 0 Å². The molecular formula is C15H27NO4. The summed E-state index contributed by atoms with van der Waals surface area (Å²) < 4.78 is 10.5. The van der Waals surface area contributed by atoms with Crippen molar-refractivity contribution in [2.75, 3.05) is 19.8 Å². The second kappa shape index (κ2) is 8.25. The van der Waals surface area contributed by atoms with Crippen LogP contribution in [0.1, 0.15) is 46.5 Å². The van der Waals surface area contributed by atoms with Gasteiger partial charge in [-0.1, -0.05) is 0 Å². The van der Waals surface area contributed by atoms with E-state index in [9.17, 15) is 9.59 Å². The number of carbonyl (C=O) groups is 2. The number of carbonyl (C=O) groups excluding carboxylic acids is 2. The maximum Gasteiger partial charge on any atom is 0.407 e. The first-order valence-corrected chi connectivity index (χ1v) is 7.39. The van der Waals surface area contributed by atoms with E-state index in [-0.39, 0.29) is 12.7 Å². The van der Waals surface area contributed by atoms with E-state index < -0.39 is 5.60 Å². The fourth-order valence-corrected chi connectivity index (χ4v) is 2.43. The number of hydrogen-bond acceptors (Lipinski definition) is 4. The molecule has 5 heteroatoms. The van der Waals surface area contributed by atoms with Gasteiger partial charge >= 0.3 is 6.09 Å². The Morgan fingerprint density at radius 1 is 1.20 bits per heavy atom. The molecule has 0 saturated heterocycles. The minimum absolute atomic E-state index is 0.195. The molecule has 1 fully saturated rings.